The fraction of sp³-hybridized carbons (Fsp3) is 0.0526. The van der Waals surface area contributed by atoms with Gasteiger partial charge in [-0.05, 0) is 30.2 Å². The van der Waals surface area contributed by atoms with Crippen molar-refractivity contribution in [1.29, 1.82) is 5.26 Å². The number of benzene rings is 2. The molecule has 0 fully saturated rings. The van der Waals surface area contributed by atoms with E-state index >= 15 is 0 Å². The highest BCUT2D eigenvalue weighted by molar-refractivity contribution is 6.33. The van der Waals surface area contributed by atoms with E-state index in [1.807, 2.05) is 54.6 Å². The Bertz CT molecular complexity index is 969. The molecule has 0 atom stereocenters. The van der Waals surface area contributed by atoms with Crippen LogP contribution in [0.3, 0.4) is 0 Å². The number of nitrogens with one attached hydrogen (secondary N) is 1. The number of nitrogens with zero attached hydrogens (tertiary/aromatic N) is 1. The minimum absolute atomic E-state index is 0.0740. The summed E-state index contributed by atoms with van der Waals surface area (Å²) in [5, 5.41) is 9.77. The second-order valence-corrected chi connectivity index (χ2v) is 5.65. The van der Waals surface area contributed by atoms with Gasteiger partial charge in [0.2, 0.25) is 0 Å². The molecule has 112 valence electrons. The normalized spacial score (nSPS) is 10.3. The third-order valence-corrected chi connectivity index (χ3v) is 3.96. The summed E-state index contributed by atoms with van der Waals surface area (Å²) in [6.07, 6.45) is 0. The largest absolute Gasteiger partial charge is 0.325 e. The van der Waals surface area contributed by atoms with Crippen LogP contribution in [0.2, 0.25) is 5.02 Å². The van der Waals surface area contributed by atoms with Crippen LogP contribution in [0.25, 0.3) is 22.3 Å². The first kappa shape index (κ1) is 15.1. The summed E-state index contributed by atoms with van der Waals surface area (Å²) in [4.78, 5) is 14.6. The monoisotopic (exact) mass is 320 g/mol. The number of aromatic nitrogens is 1. The van der Waals surface area contributed by atoms with E-state index in [1.165, 1.54) is 0 Å². The standard InChI is InChI=1S/C19H13ClN2O/c1-12-9-16(17(11-21)19(23)22-12)15-8-7-14(10-18(15)20)13-5-3-2-4-6-13/h2-10H,1H3,(H,22,23). The lowest BCUT2D eigenvalue weighted by atomic mass is 9.97. The van der Waals surface area contributed by atoms with Crippen LogP contribution >= 0.6 is 11.6 Å². The summed E-state index contributed by atoms with van der Waals surface area (Å²) in [6, 6.07) is 19.3. The Balaban J connectivity index is 2.17. The van der Waals surface area contributed by atoms with Gasteiger partial charge in [0, 0.05) is 21.8 Å². The highest BCUT2D eigenvalue weighted by Crippen LogP contribution is 2.33. The van der Waals surface area contributed by atoms with Gasteiger partial charge in [0.1, 0.15) is 11.6 Å². The maximum atomic E-state index is 11.9. The van der Waals surface area contributed by atoms with Gasteiger partial charge < -0.3 is 4.98 Å². The molecule has 1 N–H and O–H groups in total. The fourth-order valence-electron chi connectivity index (χ4n) is 2.56. The number of rotatable bonds is 2. The number of nitriles is 1. The lowest BCUT2D eigenvalue weighted by molar-refractivity contribution is 1.13. The number of H-pyrrole nitrogens is 1. The van der Waals surface area contributed by atoms with E-state index in [1.54, 1.807) is 13.0 Å². The van der Waals surface area contributed by atoms with Crippen molar-refractivity contribution in [2.24, 2.45) is 0 Å². The highest BCUT2D eigenvalue weighted by atomic mass is 35.5. The molecule has 3 aromatic rings. The zero-order chi connectivity index (χ0) is 16.4. The average molecular weight is 321 g/mol. The Labute approximate surface area is 138 Å². The first-order chi connectivity index (χ1) is 11.1. The third kappa shape index (κ3) is 2.90. The second-order valence-electron chi connectivity index (χ2n) is 5.24. The van der Waals surface area contributed by atoms with Crippen molar-refractivity contribution in [1.82, 2.24) is 4.98 Å². The Morgan fingerprint density at radius 1 is 1.00 bits per heavy atom. The maximum absolute atomic E-state index is 11.9. The Morgan fingerprint density at radius 2 is 1.74 bits per heavy atom. The van der Waals surface area contributed by atoms with E-state index < -0.39 is 5.56 Å². The molecule has 2 aromatic carbocycles. The predicted octanol–water partition coefficient (Wildman–Crippen LogP) is 4.54. The van der Waals surface area contributed by atoms with Crippen LogP contribution in [0, 0.1) is 18.3 Å². The van der Waals surface area contributed by atoms with E-state index in [9.17, 15) is 10.1 Å². The molecule has 0 aliphatic rings. The highest BCUT2D eigenvalue weighted by Gasteiger charge is 2.13. The summed E-state index contributed by atoms with van der Waals surface area (Å²) in [5.41, 5.74) is 3.64. The van der Waals surface area contributed by atoms with Crippen LogP contribution in [-0.4, -0.2) is 4.98 Å². The summed E-state index contributed by atoms with van der Waals surface area (Å²) in [7, 11) is 0. The van der Waals surface area contributed by atoms with Crippen molar-refractivity contribution in [3.05, 3.63) is 81.2 Å². The first-order valence-electron chi connectivity index (χ1n) is 7.09. The molecule has 0 aliphatic carbocycles. The molecule has 0 saturated heterocycles. The molecule has 3 rings (SSSR count). The van der Waals surface area contributed by atoms with E-state index in [-0.39, 0.29) is 5.56 Å². The maximum Gasteiger partial charge on any atom is 0.266 e. The van der Waals surface area contributed by atoms with Gasteiger partial charge in [-0.2, -0.15) is 5.26 Å². The minimum Gasteiger partial charge on any atom is -0.325 e. The molecular weight excluding hydrogens is 308 g/mol. The topological polar surface area (TPSA) is 56.6 Å². The van der Waals surface area contributed by atoms with Crippen molar-refractivity contribution >= 4 is 11.6 Å². The molecule has 0 aliphatic heterocycles. The summed E-state index contributed by atoms with van der Waals surface area (Å²) in [6.45, 7) is 1.78. The molecule has 0 saturated carbocycles. The molecule has 0 bridgehead atoms. The number of halogens is 1. The van der Waals surface area contributed by atoms with Gasteiger partial charge in [0.05, 0.1) is 0 Å². The van der Waals surface area contributed by atoms with E-state index in [0.29, 0.717) is 21.8 Å². The van der Waals surface area contributed by atoms with Crippen LogP contribution in [-0.2, 0) is 0 Å². The summed E-state index contributed by atoms with van der Waals surface area (Å²) < 4.78 is 0. The number of hydrogen-bond acceptors (Lipinski definition) is 2. The third-order valence-electron chi connectivity index (χ3n) is 3.65. The predicted molar refractivity (Wildman–Crippen MR) is 92.4 cm³/mol. The second kappa shape index (κ2) is 6.12. The number of aromatic amines is 1. The van der Waals surface area contributed by atoms with Crippen LogP contribution in [0.15, 0.2) is 59.4 Å². The van der Waals surface area contributed by atoms with Crippen molar-refractivity contribution in [3.63, 3.8) is 0 Å². The Hall–Kier alpha value is -2.83. The van der Waals surface area contributed by atoms with Gasteiger partial charge in [-0.3, -0.25) is 4.79 Å². The SMILES string of the molecule is Cc1cc(-c2ccc(-c3ccccc3)cc2Cl)c(C#N)c(=O)[nH]1. The molecule has 23 heavy (non-hydrogen) atoms. The lowest BCUT2D eigenvalue weighted by Gasteiger charge is -2.10. The molecule has 1 heterocycles. The smallest absolute Gasteiger partial charge is 0.266 e. The number of aryl methyl sites for hydroxylation is 1. The van der Waals surface area contributed by atoms with Gasteiger partial charge in [0.15, 0.2) is 0 Å². The van der Waals surface area contributed by atoms with E-state index in [0.717, 1.165) is 11.1 Å². The van der Waals surface area contributed by atoms with Gasteiger partial charge >= 0.3 is 0 Å². The van der Waals surface area contributed by atoms with Gasteiger partial charge in [-0.1, -0.05) is 54.1 Å². The van der Waals surface area contributed by atoms with Crippen molar-refractivity contribution in [2.45, 2.75) is 6.92 Å². The summed E-state index contributed by atoms with van der Waals surface area (Å²) >= 11 is 6.43. The zero-order valence-electron chi connectivity index (χ0n) is 12.4. The van der Waals surface area contributed by atoms with Crippen LogP contribution < -0.4 is 5.56 Å². The van der Waals surface area contributed by atoms with E-state index in [2.05, 4.69) is 4.98 Å². The molecule has 4 heteroatoms. The Morgan fingerprint density at radius 3 is 2.39 bits per heavy atom. The molecule has 0 radical (unpaired) electrons. The zero-order valence-corrected chi connectivity index (χ0v) is 13.2. The van der Waals surface area contributed by atoms with Gasteiger partial charge in [-0.15, -0.1) is 0 Å². The summed E-state index contributed by atoms with van der Waals surface area (Å²) in [5.74, 6) is 0. The molecule has 1 aromatic heterocycles. The van der Waals surface area contributed by atoms with Gasteiger partial charge in [-0.25, -0.2) is 0 Å². The van der Waals surface area contributed by atoms with Crippen LogP contribution in [0.5, 0.6) is 0 Å². The molecule has 0 spiro atoms. The van der Waals surface area contributed by atoms with Crippen molar-refractivity contribution in [2.75, 3.05) is 0 Å². The molecular formula is C19H13ClN2O. The average Bonchev–Trinajstić information content (AvgIpc) is 2.55. The fourth-order valence-corrected chi connectivity index (χ4v) is 2.84. The Kier molecular flexibility index (Phi) is 4.01. The quantitative estimate of drug-likeness (QED) is 0.753. The van der Waals surface area contributed by atoms with Crippen LogP contribution in [0.4, 0.5) is 0 Å². The van der Waals surface area contributed by atoms with Gasteiger partial charge in [0.25, 0.3) is 5.56 Å². The number of pyridine rings is 1. The molecule has 0 amide bonds. The lowest BCUT2D eigenvalue weighted by Crippen LogP contribution is -2.12. The minimum atomic E-state index is -0.397. The first-order valence-corrected chi connectivity index (χ1v) is 7.47. The van der Waals surface area contributed by atoms with Crippen molar-refractivity contribution in [3.8, 4) is 28.3 Å². The molecule has 3 nitrogen and oxygen atoms in total. The van der Waals surface area contributed by atoms with Crippen molar-refractivity contribution < 1.29 is 0 Å². The van der Waals surface area contributed by atoms with Crippen LogP contribution in [0.1, 0.15) is 11.3 Å². The molecule has 0 unspecified atom stereocenters. The van der Waals surface area contributed by atoms with E-state index in [4.69, 9.17) is 11.6 Å². The number of hydrogen-bond donors (Lipinski definition) is 1.